The van der Waals surface area contributed by atoms with Crippen LogP contribution in [-0.4, -0.2) is 50.5 Å². The van der Waals surface area contributed by atoms with Crippen LogP contribution in [0.2, 0.25) is 0 Å². The Hall–Kier alpha value is -1.40. The second kappa shape index (κ2) is 7.56. The van der Waals surface area contributed by atoms with Gasteiger partial charge in [-0.05, 0) is 18.6 Å². The van der Waals surface area contributed by atoms with Gasteiger partial charge < -0.3 is 15.6 Å². The maximum Gasteiger partial charge on any atom is 0.394 e. The molecule has 5 N–H and O–H groups in total. The summed E-state index contributed by atoms with van der Waals surface area (Å²) in [5.74, 6) is 0.0168. The number of rotatable bonds is 4. The molecule has 0 radical (unpaired) electrons. The standard InChI is InChI=1S/C10H15NO4S.H2O4S/c1-7-5-8(11)9(15-2)6-10(7)16(13,14)4-3-12;1-5(2,3)4/h5-6,12H,3-4,11H2,1-2H3;(H2,1,2,3,4). The number of methoxy groups -OCH3 is 1. The smallest absolute Gasteiger partial charge is 0.394 e. The van der Waals surface area contributed by atoms with Crippen LogP contribution in [0.1, 0.15) is 5.56 Å². The summed E-state index contributed by atoms with van der Waals surface area (Å²) in [6.45, 7) is 1.24. The number of aryl methyl sites for hydroxylation is 1. The molecule has 1 aromatic carbocycles. The predicted octanol–water partition coefficient (Wildman–Crippen LogP) is -0.301. The zero-order valence-corrected chi connectivity index (χ0v) is 13.0. The Kier molecular flexibility index (Phi) is 7.06. The molecule has 9 nitrogen and oxygen atoms in total. The Bertz CT molecular complexity index is 673. The zero-order chi connectivity index (χ0) is 16.8. The van der Waals surface area contributed by atoms with Gasteiger partial charge >= 0.3 is 10.4 Å². The maximum absolute atomic E-state index is 11.8. The van der Waals surface area contributed by atoms with E-state index in [0.717, 1.165) is 0 Å². The number of aliphatic hydroxyl groups is 1. The second-order valence-corrected chi connectivity index (χ2v) is 6.82. The predicted molar refractivity (Wildman–Crippen MR) is 75.5 cm³/mol. The van der Waals surface area contributed by atoms with E-state index in [0.29, 0.717) is 17.0 Å². The van der Waals surface area contributed by atoms with Crippen LogP contribution in [-0.2, 0) is 20.2 Å². The molecular formula is C10H17NO8S2. The van der Waals surface area contributed by atoms with Gasteiger partial charge in [-0.1, -0.05) is 0 Å². The fourth-order valence-electron chi connectivity index (χ4n) is 1.43. The second-order valence-electron chi connectivity index (χ2n) is 3.85. The number of sulfone groups is 1. The number of ether oxygens (including phenoxy) is 1. The third kappa shape index (κ3) is 7.24. The van der Waals surface area contributed by atoms with Gasteiger partial charge in [-0.15, -0.1) is 0 Å². The zero-order valence-electron chi connectivity index (χ0n) is 11.3. The van der Waals surface area contributed by atoms with Crippen molar-refractivity contribution in [3.05, 3.63) is 17.7 Å². The molecule has 0 aliphatic carbocycles. The molecule has 122 valence electrons. The lowest BCUT2D eigenvalue weighted by atomic mass is 10.2. The Balaban J connectivity index is 0.000000690. The lowest BCUT2D eigenvalue weighted by molar-refractivity contribution is 0.319. The van der Waals surface area contributed by atoms with Gasteiger partial charge in [-0.2, -0.15) is 8.42 Å². The Labute approximate surface area is 122 Å². The summed E-state index contributed by atoms with van der Waals surface area (Å²) in [6.07, 6.45) is 0. The summed E-state index contributed by atoms with van der Waals surface area (Å²) in [6, 6.07) is 2.93. The van der Waals surface area contributed by atoms with Crippen LogP contribution in [0, 0.1) is 6.92 Å². The van der Waals surface area contributed by atoms with Gasteiger partial charge in [0.15, 0.2) is 9.84 Å². The molecule has 0 atom stereocenters. The van der Waals surface area contributed by atoms with Crippen molar-refractivity contribution in [1.82, 2.24) is 0 Å². The average Bonchev–Trinajstić information content (AvgIpc) is 2.26. The van der Waals surface area contributed by atoms with E-state index >= 15 is 0 Å². The molecule has 0 heterocycles. The van der Waals surface area contributed by atoms with Crippen molar-refractivity contribution < 1.29 is 35.8 Å². The maximum atomic E-state index is 11.8. The van der Waals surface area contributed by atoms with Crippen molar-refractivity contribution >= 4 is 25.9 Å². The highest BCUT2D eigenvalue weighted by atomic mass is 32.3. The molecule has 0 unspecified atom stereocenters. The van der Waals surface area contributed by atoms with Gasteiger partial charge in [0.2, 0.25) is 0 Å². The first-order valence-electron chi connectivity index (χ1n) is 5.40. The minimum Gasteiger partial charge on any atom is -0.495 e. The van der Waals surface area contributed by atoms with Crippen LogP contribution >= 0.6 is 0 Å². The van der Waals surface area contributed by atoms with Gasteiger partial charge in [0.25, 0.3) is 0 Å². The minimum atomic E-state index is -4.67. The van der Waals surface area contributed by atoms with Crippen molar-refractivity contribution in [2.24, 2.45) is 0 Å². The lowest BCUT2D eigenvalue weighted by Crippen LogP contribution is -2.12. The molecule has 0 spiro atoms. The molecule has 1 aromatic rings. The van der Waals surface area contributed by atoms with E-state index in [4.69, 9.17) is 33.1 Å². The molecule has 0 fully saturated rings. The van der Waals surface area contributed by atoms with E-state index in [1.165, 1.54) is 13.2 Å². The van der Waals surface area contributed by atoms with Crippen LogP contribution in [0.5, 0.6) is 5.75 Å². The van der Waals surface area contributed by atoms with Crippen molar-refractivity contribution in [3.63, 3.8) is 0 Å². The summed E-state index contributed by atoms with van der Waals surface area (Å²) in [4.78, 5) is 0.146. The quantitative estimate of drug-likeness (QED) is 0.424. The summed E-state index contributed by atoms with van der Waals surface area (Å²) in [7, 11) is -6.72. The number of hydrogen-bond acceptors (Lipinski definition) is 7. The Morgan fingerprint density at radius 3 is 2.05 bits per heavy atom. The number of nitrogen functional groups attached to an aromatic ring is 1. The first kappa shape index (κ1) is 19.6. The fraction of sp³-hybridized carbons (Fsp3) is 0.400. The summed E-state index contributed by atoms with van der Waals surface area (Å²) in [5, 5.41) is 8.70. The van der Waals surface area contributed by atoms with E-state index < -0.39 is 26.8 Å². The monoisotopic (exact) mass is 343 g/mol. The third-order valence-electron chi connectivity index (χ3n) is 2.22. The SMILES string of the molecule is COc1cc(S(=O)(=O)CCO)c(C)cc1N.O=S(=O)(O)O. The van der Waals surface area contributed by atoms with Crippen molar-refractivity contribution in [2.45, 2.75) is 11.8 Å². The van der Waals surface area contributed by atoms with E-state index in [9.17, 15) is 8.42 Å². The van der Waals surface area contributed by atoms with Gasteiger partial charge in [0.05, 0.1) is 30.1 Å². The fourth-order valence-corrected chi connectivity index (χ4v) is 2.73. The van der Waals surface area contributed by atoms with Gasteiger partial charge in [0, 0.05) is 6.07 Å². The largest absolute Gasteiger partial charge is 0.495 e. The molecule has 11 heteroatoms. The molecule has 0 aliphatic heterocycles. The molecule has 1 rings (SSSR count). The van der Waals surface area contributed by atoms with Crippen LogP contribution in [0.25, 0.3) is 0 Å². The van der Waals surface area contributed by atoms with E-state index in [1.54, 1.807) is 13.0 Å². The highest BCUT2D eigenvalue weighted by Gasteiger charge is 2.18. The summed E-state index contributed by atoms with van der Waals surface area (Å²) >= 11 is 0. The van der Waals surface area contributed by atoms with Crippen molar-refractivity contribution in [2.75, 3.05) is 25.2 Å². The van der Waals surface area contributed by atoms with Gasteiger partial charge in [-0.3, -0.25) is 9.11 Å². The minimum absolute atomic E-state index is 0.146. The van der Waals surface area contributed by atoms with Crippen LogP contribution in [0.15, 0.2) is 17.0 Å². The highest BCUT2D eigenvalue weighted by molar-refractivity contribution is 7.91. The first-order chi connectivity index (χ1) is 9.42. The van der Waals surface area contributed by atoms with Crippen molar-refractivity contribution in [3.8, 4) is 5.75 Å². The number of benzene rings is 1. The number of hydrogen-bond donors (Lipinski definition) is 4. The summed E-state index contributed by atoms with van der Waals surface area (Å²) < 4.78 is 60.1. The van der Waals surface area contributed by atoms with E-state index in [-0.39, 0.29) is 10.6 Å². The normalized spacial score (nSPS) is 11.5. The molecule has 21 heavy (non-hydrogen) atoms. The number of nitrogens with two attached hydrogens (primary N) is 1. The first-order valence-corrected chi connectivity index (χ1v) is 8.45. The topological polar surface area (TPSA) is 164 Å². The molecule has 0 saturated carbocycles. The Morgan fingerprint density at radius 2 is 1.67 bits per heavy atom. The molecule has 0 aromatic heterocycles. The van der Waals surface area contributed by atoms with Gasteiger partial charge in [-0.25, -0.2) is 8.42 Å². The average molecular weight is 343 g/mol. The number of anilines is 1. The van der Waals surface area contributed by atoms with E-state index in [1.807, 2.05) is 0 Å². The molecule has 0 bridgehead atoms. The van der Waals surface area contributed by atoms with Crippen LogP contribution < -0.4 is 10.5 Å². The molecule has 0 saturated heterocycles. The Morgan fingerprint density at radius 1 is 1.19 bits per heavy atom. The molecule has 0 aliphatic rings. The number of aliphatic hydroxyl groups excluding tert-OH is 1. The highest BCUT2D eigenvalue weighted by Crippen LogP contribution is 2.28. The van der Waals surface area contributed by atoms with E-state index in [2.05, 4.69) is 0 Å². The lowest BCUT2D eigenvalue weighted by Gasteiger charge is -2.11. The molecular weight excluding hydrogens is 326 g/mol. The summed E-state index contributed by atoms with van der Waals surface area (Å²) in [5.41, 5.74) is 6.59. The van der Waals surface area contributed by atoms with Crippen LogP contribution in [0.4, 0.5) is 5.69 Å². The molecule has 0 amide bonds. The van der Waals surface area contributed by atoms with Crippen molar-refractivity contribution in [1.29, 1.82) is 0 Å². The van der Waals surface area contributed by atoms with Gasteiger partial charge in [0.1, 0.15) is 5.75 Å². The van der Waals surface area contributed by atoms with Crippen LogP contribution in [0.3, 0.4) is 0 Å². The third-order valence-corrected chi connectivity index (χ3v) is 4.05.